The summed E-state index contributed by atoms with van der Waals surface area (Å²) in [5.41, 5.74) is 9.19. The van der Waals surface area contributed by atoms with Gasteiger partial charge >= 0.3 is 0 Å². The van der Waals surface area contributed by atoms with Crippen LogP contribution in [0.15, 0.2) is 114 Å². The molecule has 5 rings (SSSR count). The van der Waals surface area contributed by atoms with Crippen molar-refractivity contribution in [2.45, 2.75) is 32.6 Å². The second-order valence-electron chi connectivity index (χ2n) is 9.61. The first-order valence-corrected chi connectivity index (χ1v) is 13.1. The van der Waals surface area contributed by atoms with Crippen LogP contribution in [0.4, 0.5) is 5.69 Å². The minimum Gasteiger partial charge on any atom is -0.347 e. The van der Waals surface area contributed by atoms with Gasteiger partial charge in [-0.25, -0.2) is 0 Å². The molecule has 0 aliphatic carbocycles. The monoisotopic (exact) mass is 474 g/mol. The van der Waals surface area contributed by atoms with Gasteiger partial charge in [-0.05, 0) is 53.5 Å². The van der Waals surface area contributed by atoms with Crippen molar-refractivity contribution in [2.24, 2.45) is 0 Å². The van der Waals surface area contributed by atoms with Gasteiger partial charge in [0.05, 0.1) is 0 Å². The third kappa shape index (κ3) is 4.47. The van der Waals surface area contributed by atoms with Gasteiger partial charge in [0.1, 0.15) is 0 Å². The number of para-hydroxylation sites is 1. The molecule has 0 fully saturated rings. The van der Waals surface area contributed by atoms with Crippen LogP contribution in [0.2, 0.25) is 0 Å². The maximum atomic E-state index is 2.39. The summed E-state index contributed by atoms with van der Waals surface area (Å²) in [6.45, 7) is 6.95. The molecule has 3 aromatic carbocycles. The molecule has 2 heteroatoms. The first-order chi connectivity index (χ1) is 17.0. The largest absolute Gasteiger partial charge is 0.347 e. The Hall–Kier alpha value is -3.49. The Kier molecular flexibility index (Phi) is 6.40. The zero-order valence-electron chi connectivity index (χ0n) is 21.0. The molecule has 0 amide bonds. The minimum atomic E-state index is -0.0236. The number of likely N-dealkylation sites (N-methyl/N-ethyl adjacent to an activating group) is 1. The van der Waals surface area contributed by atoms with Crippen molar-refractivity contribution in [2.75, 3.05) is 11.9 Å². The van der Waals surface area contributed by atoms with Gasteiger partial charge in [0.25, 0.3) is 0 Å². The highest BCUT2D eigenvalue weighted by Gasteiger charge is 2.39. The fraction of sp³-hybridized carbons (Fsp3) is 0.182. The fourth-order valence-corrected chi connectivity index (χ4v) is 6.38. The molecular formula is C33H32NS+. The molecule has 0 atom stereocenters. The van der Waals surface area contributed by atoms with Crippen LogP contribution in [0.3, 0.4) is 0 Å². The molecule has 35 heavy (non-hydrogen) atoms. The summed E-state index contributed by atoms with van der Waals surface area (Å²) in [5, 5.41) is 0. The van der Waals surface area contributed by atoms with E-state index in [2.05, 4.69) is 142 Å². The van der Waals surface area contributed by atoms with Crippen molar-refractivity contribution in [3.05, 3.63) is 126 Å². The van der Waals surface area contributed by atoms with Crippen molar-refractivity contribution in [1.82, 2.24) is 0 Å². The maximum Gasteiger partial charge on any atom is 0.239 e. The van der Waals surface area contributed by atoms with Crippen LogP contribution in [0.5, 0.6) is 0 Å². The summed E-state index contributed by atoms with van der Waals surface area (Å²) in [6, 6.07) is 34.8. The number of hydrogen-bond donors (Lipinski definition) is 0. The van der Waals surface area contributed by atoms with E-state index in [1.165, 1.54) is 49.0 Å². The van der Waals surface area contributed by atoms with Crippen molar-refractivity contribution < 1.29 is 0 Å². The van der Waals surface area contributed by atoms with Crippen LogP contribution >= 0.6 is 11.3 Å². The lowest BCUT2D eigenvalue weighted by Crippen LogP contribution is -2.24. The van der Waals surface area contributed by atoms with Gasteiger partial charge in [0.15, 0.2) is 0 Å². The lowest BCUT2D eigenvalue weighted by atomic mass is 9.81. The zero-order chi connectivity index (χ0) is 24.4. The van der Waals surface area contributed by atoms with E-state index < -0.39 is 0 Å². The van der Waals surface area contributed by atoms with E-state index in [0.717, 1.165) is 6.42 Å². The van der Waals surface area contributed by atoms with Crippen LogP contribution in [0, 0.1) is 0 Å². The Balaban J connectivity index is 1.60. The van der Waals surface area contributed by atoms with E-state index in [1.54, 1.807) is 0 Å². The van der Waals surface area contributed by atoms with Crippen LogP contribution in [-0.4, -0.2) is 7.05 Å². The van der Waals surface area contributed by atoms with Gasteiger partial charge in [-0.2, -0.15) is 0 Å². The normalized spacial score (nSPS) is 15.9. The molecule has 0 saturated heterocycles. The van der Waals surface area contributed by atoms with Gasteiger partial charge in [0, 0.05) is 47.1 Å². The molecule has 0 N–H and O–H groups in total. The van der Waals surface area contributed by atoms with E-state index >= 15 is 0 Å². The first-order valence-electron chi connectivity index (χ1n) is 12.3. The predicted octanol–water partition coefficient (Wildman–Crippen LogP) is 9.47. The van der Waals surface area contributed by atoms with E-state index in [9.17, 15) is 0 Å². The number of allylic oxidation sites excluding steroid dienone is 3. The molecule has 1 aliphatic heterocycles. The van der Waals surface area contributed by atoms with Crippen LogP contribution in [0.25, 0.3) is 27.0 Å². The quantitative estimate of drug-likeness (QED) is 0.260. The summed E-state index contributed by atoms with van der Waals surface area (Å²) < 4.78 is 0. The Morgan fingerprint density at radius 3 is 1.89 bits per heavy atom. The molecule has 4 aromatic rings. The third-order valence-corrected chi connectivity index (χ3v) is 8.11. The van der Waals surface area contributed by atoms with Gasteiger partial charge in [-0.3, -0.25) is 0 Å². The minimum absolute atomic E-state index is 0.0236. The second kappa shape index (κ2) is 9.64. The predicted molar refractivity (Wildman–Crippen MR) is 154 cm³/mol. The summed E-state index contributed by atoms with van der Waals surface area (Å²) >= 11 is 1.85. The topological polar surface area (TPSA) is 3.24 Å². The SMILES string of the molecule is CCC(C=Cc1cc(-c2ccccc2)[s+]c(-c2ccccc2)c1)=C1N(C)c2ccccc2C1(C)C. The highest BCUT2D eigenvalue weighted by atomic mass is 32.1. The van der Waals surface area contributed by atoms with Gasteiger partial charge < -0.3 is 4.90 Å². The van der Waals surface area contributed by atoms with Crippen LogP contribution < -0.4 is 4.90 Å². The molecule has 2 heterocycles. The molecule has 0 bridgehead atoms. The molecule has 1 nitrogen and oxygen atoms in total. The maximum absolute atomic E-state index is 2.39. The van der Waals surface area contributed by atoms with E-state index in [0.29, 0.717) is 0 Å². The van der Waals surface area contributed by atoms with Crippen molar-refractivity contribution in [1.29, 1.82) is 0 Å². The van der Waals surface area contributed by atoms with Crippen LogP contribution in [-0.2, 0) is 5.41 Å². The van der Waals surface area contributed by atoms with E-state index in [4.69, 9.17) is 0 Å². The summed E-state index contributed by atoms with van der Waals surface area (Å²) in [4.78, 5) is 4.95. The number of benzene rings is 3. The van der Waals surface area contributed by atoms with Crippen molar-refractivity contribution in [3.8, 4) is 20.9 Å². The number of rotatable bonds is 5. The second-order valence-corrected chi connectivity index (χ2v) is 10.7. The van der Waals surface area contributed by atoms with E-state index in [-0.39, 0.29) is 5.41 Å². The first kappa shape index (κ1) is 23.3. The highest BCUT2D eigenvalue weighted by molar-refractivity contribution is 7.18. The average molecular weight is 475 g/mol. The molecule has 174 valence electrons. The van der Waals surface area contributed by atoms with E-state index in [1.807, 2.05) is 11.3 Å². The third-order valence-electron chi connectivity index (χ3n) is 6.96. The molecule has 0 unspecified atom stereocenters. The summed E-state index contributed by atoms with van der Waals surface area (Å²) in [7, 11) is 2.21. The van der Waals surface area contributed by atoms with Gasteiger partial charge in [0.2, 0.25) is 21.1 Å². The number of nitrogens with zero attached hydrogens (tertiary/aromatic N) is 1. The summed E-state index contributed by atoms with van der Waals surface area (Å²) in [5.74, 6) is 0. The lowest BCUT2D eigenvalue weighted by Gasteiger charge is -2.27. The number of hydrogen-bond acceptors (Lipinski definition) is 1. The Labute approximate surface area is 213 Å². The Morgan fingerprint density at radius 1 is 0.800 bits per heavy atom. The molecular weight excluding hydrogens is 442 g/mol. The Morgan fingerprint density at radius 2 is 1.34 bits per heavy atom. The zero-order valence-corrected chi connectivity index (χ0v) is 21.8. The lowest BCUT2D eigenvalue weighted by molar-refractivity contribution is 0.631. The Bertz CT molecular complexity index is 1340. The van der Waals surface area contributed by atoms with Crippen molar-refractivity contribution in [3.63, 3.8) is 0 Å². The summed E-state index contributed by atoms with van der Waals surface area (Å²) in [6.07, 6.45) is 5.62. The van der Waals surface area contributed by atoms with Crippen molar-refractivity contribution >= 4 is 23.1 Å². The highest BCUT2D eigenvalue weighted by Crippen LogP contribution is 2.48. The molecule has 0 radical (unpaired) electrons. The molecule has 0 spiro atoms. The fourth-order valence-electron chi connectivity index (χ4n) is 5.25. The van der Waals surface area contributed by atoms with Gasteiger partial charge in [-0.1, -0.05) is 87.5 Å². The smallest absolute Gasteiger partial charge is 0.239 e. The van der Waals surface area contributed by atoms with Gasteiger partial charge in [-0.15, -0.1) is 0 Å². The average Bonchev–Trinajstić information content (AvgIpc) is 3.11. The molecule has 1 aromatic heterocycles. The number of anilines is 1. The standard InChI is InChI=1S/C33H32NS/c1-5-25(32-33(2,3)28-18-12-13-19-29(28)34(32)4)21-20-24-22-30(26-14-8-6-9-15-26)35-31(23-24)27-16-10-7-11-17-27/h6-23H,5H2,1-4H3/q+1. The molecule has 0 saturated carbocycles. The number of fused-ring (bicyclic) bond motifs is 1. The molecule has 1 aliphatic rings. The van der Waals surface area contributed by atoms with Crippen LogP contribution in [0.1, 0.15) is 38.3 Å².